The summed E-state index contributed by atoms with van der Waals surface area (Å²) in [5.74, 6) is 2.49. The van der Waals surface area contributed by atoms with Gasteiger partial charge in [0.1, 0.15) is 11.6 Å². The number of carbonyl (C=O) groups is 2. The molecule has 174 valence electrons. The first kappa shape index (κ1) is 23.4. The first-order valence-corrected chi connectivity index (χ1v) is 11.0. The quantitative estimate of drug-likeness (QED) is 0.183. The SMILES string of the molecule is CN=C(NCCN1C(=O)C2C3C=CC(C3)C2C1=O)NCc1ccc(-n2ccnc2C)nc1.I. The highest BCUT2D eigenvalue weighted by molar-refractivity contribution is 14.0. The molecule has 1 aliphatic heterocycles. The van der Waals surface area contributed by atoms with Gasteiger partial charge in [0.25, 0.3) is 0 Å². The lowest BCUT2D eigenvalue weighted by atomic mass is 9.85. The van der Waals surface area contributed by atoms with Gasteiger partial charge in [-0.1, -0.05) is 18.2 Å². The molecule has 5 rings (SSSR count). The Kier molecular flexibility index (Phi) is 6.82. The predicted molar refractivity (Wildman–Crippen MR) is 134 cm³/mol. The fourth-order valence-corrected chi connectivity index (χ4v) is 5.16. The molecule has 10 heteroatoms. The lowest BCUT2D eigenvalue weighted by Gasteiger charge is -2.18. The van der Waals surface area contributed by atoms with Crippen LogP contribution in [0.25, 0.3) is 5.82 Å². The first-order chi connectivity index (χ1) is 15.6. The van der Waals surface area contributed by atoms with Gasteiger partial charge in [-0.2, -0.15) is 0 Å². The topological polar surface area (TPSA) is 105 Å². The van der Waals surface area contributed by atoms with E-state index in [4.69, 9.17) is 0 Å². The van der Waals surface area contributed by atoms with Crippen LogP contribution in [0.3, 0.4) is 0 Å². The van der Waals surface area contributed by atoms with E-state index in [0.29, 0.717) is 25.6 Å². The van der Waals surface area contributed by atoms with E-state index in [-0.39, 0.29) is 59.5 Å². The number of pyridine rings is 1. The first-order valence-electron chi connectivity index (χ1n) is 11.0. The van der Waals surface area contributed by atoms with Crippen molar-refractivity contribution in [2.75, 3.05) is 20.1 Å². The van der Waals surface area contributed by atoms with Gasteiger partial charge in [0.2, 0.25) is 11.8 Å². The molecule has 33 heavy (non-hydrogen) atoms. The van der Waals surface area contributed by atoms with Crippen molar-refractivity contribution in [1.82, 2.24) is 30.1 Å². The molecule has 0 radical (unpaired) electrons. The largest absolute Gasteiger partial charge is 0.355 e. The van der Waals surface area contributed by atoms with Crippen molar-refractivity contribution in [3.63, 3.8) is 0 Å². The lowest BCUT2D eigenvalue weighted by molar-refractivity contribution is -0.140. The third-order valence-electron chi connectivity index (χ3n) is 6.75. The number of imide groups is 1. The molecule has 4 unspecified atom stereocenters. The Labute approximate surface area is 209 Å². The van der Waals surface area contributed by atoms with Crippen LogP contribution in [0.15, 0.2) is 47.9 Å². The van der Waals surface area contributed by atoms with E-state index >= 15 is 0 Å². The fourth-order valence-electron chi connectivity index (χ4n) is 5.16. The van der Waals surface area contributed by atoms with Gasteiger partial charge in [0.05, 0.1) is 11.8 Å². The van der Waals surface area contributed by atoms with E-state index in [1.807, 2.05) is 36.0 Å². The van der Waals surface area contributed by atoms with Crippen LogP contribution >= 0.6 is 24.0 Å². The number of carbonyl (C=O) groups excluding carboxylic acids is 2. The Bertz CT molecular complexity index is 1060. The Hall–Kier alpha value is -2.76. The number of guanidine groups is 1. The van der Waals surface area contributed by atoms with Crippen molar-refractivity contribution >= 4 is 41.8 Å². The molecule has 3 aliphatic rings. The summed E-state index contributed by atoms with van der Waals surface area (Å²) in [7, 11) is 1.69. The van der Waals surface area contributed by atoms with E-state index in [1.165, 1.54) is 4.90 Å². The minimum Gasteiger partial charge on any atom is -0.355 e. The maximum atomic E-state index is 12.8. The summed E-state index contributed by atoms with van der Waals surface area (Å²) in [6, 6.07) is 3.95. The van der Waals surface area contributed by atoms with Crippen LogP contribution in [-0.4, -0.2) is 57.3 Å². The number of hydrogen-bond acceptors (Lipinski definition) is 5. The number of likely N-dealkylation sites (tertiary alicyclic amines) is 1. The van der Waals surface area contributed by atoms with Gasteiger partial charge in [-0.25, -0.2) is 9.97 Å². The Morgan fingerprint density at radius 3 is 2.42 bits per heavy atom. The summed E-state index contributed by atoms with van der Waals surface area (Å²) < 4.78 is 1.92. The highest BCUT2D eigenvalue weighted by atomic mass is 127. The van der Waals surface area contributed by atoms with Crippen LogP contribution < -0.4 is 10.6 Å². The van der Waals surface area contributed by atoms with Crippen LogP contribution in [-0.2, 0) is 16.1 Å². The number of allylic oxidation sites excluding steroid dienone is 2. The molecule has 9 nitrogen and oxygen atoms in total. The number of aryl methyl sites for hydroxylation is 1. The summed E-state index contributed by atoms with van der Waals surface area (Å²) in [5.41, 5.74) is 1.01. The standard InChI is InChI=1S/C23H27N7O2.HI/c1-14-25-7-9-29(14)18-6-3-15(12-27-18)13-28-23(24-2)26-8-10-30-21(31)19-16-4-5-17(11-16)20(19)22(30)32;/h3-7,9,12,16-17,19-20H,8,10-11,13H2,1-2H3,(H2,24,26,28);1H. The molecule has 2 bridgehead atoms. The average molecular weight is 561 g/mol. The minimum absolute atomic E-state index is 0. The number of rotatable bonds is 6. The molecule has 0 aromatic carbocycles. The van der Waals surface area contributed by atoms with Crippen molar-refractivity contribution in [2.24, 2.45) is 28.7 Å². The number of imidazole rings is 1. The fraction of sp³-hybridized carbons (Fsp3) is 0.435. The highest BCUT2D eigenvalue weighted by Gasteiger charge is 2.58. The normalized spacial score (nSPS) is 25.4. The third kappa shape index (κ3) is 4.28. The Balaban J connectivity index is 0.00000259. The summed E-state index contributed by atoms with van der Waals surface area (Å²) in [5, 5.41) is 6.44. The Morgan fingerprint density at radius 1 is 1.12 bits per heavy atom. The zero-order valence-electron chi connectivity index (χ0n) is 18.6. The zero-order valence-corrected chi connectivity index (χ0v) is 21.0. The summed E-state index contributed by atoms with van der Waals surface area (Å²) >= 11 is 0. The van der Waals surface area contributed by atoms with E-state index in [0.717, 1.165) is 23.6 Å². The maximum Gasteiger partial charge on any atom is 0.233 e. The van der Waals surface area contributed by atoms with Crippen LogP contribution in [0.1, 0.15) is 17.8 Å². The molecular formula is C23H28IN7O2. The summed E-state index contributed by atoms with van der Waals surface area (Å²) in [6.45, 7) is 3.29. The number of aromatic nitrogens is 3. The van der Waals surface area contributed by atoms with Crippen molar-refractivity contribution in [3.05, 3.63) is 54.3 Å². The lowest BCUT2D eigenvalue weighted by Crippen LogP contribution is -2.43. The molecule has 2 aliphatic carbocycles. The molecule has 2 fully saturated rings. The van der Waals surface area contributed by atoms with Crippen molar-refractivity contribution in [2.45, 2.75) is 19.9 Å². The van der Waals surface area contributed by atoms with E-state index in [9.17, 15) is 9.59 Å². The van der Waals surface area contributed by atoms with Crippen LogP contribution in [0.2, 0.25) is 0 Å². The summed E-state index contributed by atoms with van der Waals surface area (Å²) in [4.78, 5) is 39.9. The molecular weight excluding hydrogens is 533 g/mol. The number of hydrogen-bond donors (Lipinski definition) is 2. The van der Waals surface area contributed by atoms with Crippen LogP contribution in [0.5, 0.6) is 0 Å². The van der Waals surface area contributed by atoms with Gasteiger partial charge in [-0.15, -0.1) is 24.0 Å². The van der Waals surface area contributed by atoms with Gasteiger partial charge in [0.15, 0.2) is 5.96 Å². The molecule has 4 atom stereocenters. The smallest absolute Gasteiger partial charge is 0.233 e. The molecule has 2 N–H and O–H groups in total. The number of nitrogens with one attached hydrogen (secondary N) is 2. The number of fused-ring (bicyclic) bond motifs is 5. The Morgan fingerprint density at radius 2 is 1.85 bits per heavy atom. The van der Waals surface area contributed by atoms with E-state index in [2.05, 4.69) is 37.7 Å². The zero-order chi connectivity index (χ0) is 22.2. The molecule has 2 amide bonds. The van der Waals surface area contributed by atoms with E-state index < -0.39 is 0 Å². The van der Waals surface area contributed by atoms with Gasteiger partial charge >= 0.3 is 0 Å². The average Bonchev–Trinajstić information content (AvgIpc) is 3.57. The van der Waals surface area contributed by atoms with Gasteiger partial charge in [0, 0.05) is 45.3 Å². The second-order valence-corrected chi connectivity index (χ2v) is 8.55. The highest BCUT2D eigenvalue weighted by Crippen LogP contribution is 2.52. The predicted octanol–water partition coefficient (Wildman–Crippen LogP) is 1.67. The second-order valence-electron chi connectivity index (χ2n) is 8.55. The monoisotopic (exact) mass is 561 g/mol. The molecule has 1 saturated heterocycles. The van der Waals surface area contributed by atoms with Gasteiger partial charge in [-0.05, 0) is 36.8 Å². The van der Waals surface area contributed by atoms with Crippen LogP contribution in [0.4, 0.5) is 0 Å². The molecule has 3 heterocycles. The number of nitrogens with zero attached hydrogens (tertiary/aromatic N) is 5. The minimum atomic E-state index is -0.142. The molecule has 0 spiro atoms. The van der Waals surface area contributed by atoms with Crippen LogP contribution in [0, 0.1) is 30.6 Å². The van der Waals surface area contributed by atoms with Crippen molar-refractivity contribution < 1.29 is 9.59 Å². The third-order valence-corrected chi connectivity index (χ3v) is 6.75. The number of amides is 2. The van der Waals surface area contributed by atoms with Crippen molar-refractivity contribution in [3.8, 4) is 5.82 Å². The molecule has 2 aromatic heterocycles. The van der Waals surface area contributed by atoms with Gasteiger partial charge < -0.3 is 10.6 Å². The molecule has 2 aromatic rings. The molecule has 1 saturated carbocycles. The van der Waals surface area contributed by atoms with Gasteiger partial charge in [-0.3, -0.25) is 24.0 Å². The van der Waals surface area contributed by atoms with E-state index in [1.54, 1.807) is 13.2 Å². The maximum absolute atomic E-state index is 12.8. The number of aliphatic imine (C=N–C) groups is 1. The number of halogens is 1. The summed E-state index contributed by atoms with van der Waals surface area (Å²) in [6.07, 6.45) is 10.6. The van der Waals surface area contributed by atoms with Crippen molar-refractivity contribution in [1.29, 1.82) is 0 Å². The second kappa shape index (κ2) is 9.62.